The maximum Gasteiger partial charge on any atom is 0.123 e. The van der Waals surface area contributed by atoms with Crippen LogP contribution in [0.1, 0.15) is 69.5 Å². The average molecular weight is 265 g/mol. The molecule has 1 N–H and O–H groups in total. The van der Waals surface area contributed by atoms with Crippen LogP contribution in [0.15, 0.2) is 18.2 Å². The topological polar surface area (TPSA) is 12.0 Å². The van der Waals surface area contributed by atoms with Crippen molar-refractivity contribution in [2.24, 2.45) is 0 Å². The van der Waals surface area contributed by atoms with E-state index in [1.54, 1.807) is 12.1 Å². The average Bonchev–Trinajstić information content (AvgIpc) is 2.36. The Morgan fingerprint density at radius 1 is 1.05 bits per heavy atom. The van der Waals surface area contributed by atoms with Gasteiger partial charge in [-0.3, -0.25) is 0 Å². The van der Waals surface area contributed by atoms with Gasteiger partial charge in [0.1, 0.15) is 5.82 Å². The smallest absolute Gasteiger partial charge is 0.123 e. The molecule has 1 atom stereocenters. The molecule has 0 heterocycles. The molecule has 0 aromatic heterocycles. The molecule has 108 valence electrons. The molecule has 0 aliphatic heterocycles. The molecule has 1 nitrogen and oxygen atoms in total. The van der Waals surface area contributed by atoms with Crippen molar-refractivity contribution >= 4 is 0 Å². The summed E-state index contributed by atoms with van der Waals surface area (Å²) in [4.78, 5) is 0. The Labute approximate surface area is 117 Å². The largest absolute Gasteiger partial charge is 0.310 e. The number of benzene rings is 1. The van der Waals surface area contributed by atoms with Crippen LogP contribution < -0.4 is 5.32 Å². The molecule has 1 unspecified atom stereocenters. The minimum absolute atomic E-state index is 0.119. The lowest BCUT2D eigenvalue weighted by Crippen LogP contribution is -2.22. The fourth-order valence-electron chi connectivity index (χ4n) is 2.45. The van der Waals surface area contributed by atoms with Crippen LogP contribution in [0.3, 0.4) is 0 Å². The molecule has 1 rings (SSSR count). The first-order chi connectivity index (χ1) is 9.17. The highest BCUT2D eigenvalue weighted by atomic mass is 19.1. The quantitative estimate of drug-likeness (QED) is 0.609. The number of aryl methyl sites for hydroxylation is 1. The van der Waals surface area contributed by atoms with Crippen molar-refractivity contribution in [3.05, 3.63) is 35.1 Å². The Balaban J connectivity index is 2.65. The molecule has 0 radical (unpaired) electrons. The number of nitrogens with one attached hydrogen (secondary N) is 1. The van der Waals surface area contributed by atoms with Crippen molar-refractivity contribution in [1.29, 1.82) is 0 Å². The van der Waals surface area contributed by atoms with E-state index in [1.165, 1.54) is 25.7 Å². The van der Waals surface area contributed by atoms with Crippen LogP contribution in [0.2, 0.25) is 0 Å². The van der Waals surface area contributed by atoms with Gasteiger partial charge in [0.25, 0.3) is 0 Å². The second kappa shape index (κ2) is 9.08. The van der Waals surface area contributed by atoms with Crippen molar-refractivity contribution in [2.45, 2.75) is 65.3 Å². The van der Waals surface area contributed by atoms with E-state index in [0.717, 1.165) is 30.5 Å². The Hall–Kier alpha value is -0.890. The molecule has 0 saturated heterocycles. The summed E-state index contributed by atoms with van der Waals surface area (Å²) < 4.78 is 13.5. The van der Waals surface area contributed by atoms with Crippen LogP contribution in [0.25, 0.3) is 0 Å². The number of rotatable bonds is 9. The van der Waals surface area contributed by atoms with Gasteiger partial charge in [0.05, 0.1) is 0 Å². The third-order valence-electron chi connectivity index (χ3n) is 3.45. The van der Waals surface area contributed by atoms with Crippen molar-refractivity contribution in [3.63, 3.8) is 0 Å². The van der Waals surface area contributed by atoms with Crippen LogP contribution >= 0.6 is 0 Å². The van der Waals surface area contributed by atoms with Gasteiger partial charge in [-0.05, 0) is 49.6 Å². The second-order valence-corrected chi connectivity index (χ2v) is 5.42. The zero-order valence-corrected chi connectivity index (χ0v) is 12.6. The summed E-state index contributed by atoms with van der Waals surface area (Å²) in [6.45, 7) is 7.34. The van der Waals surface area contributed by atoms with Gasteiger partial charge in [-0.2, -0.15) is 0 Å². The van der Waals surface area contributed by atoms with Crippen LogP contribution in [0, 0.1) is 12.7 Å². The van der Waals surface area contributed by atoms with Gasteiger partial charge in [0.2, 0.25) is 0 Å². The molecule has 0 amide bonds. The number of halogens is 1. The predicted molar refractivity (Wildman–Crippen MR) is 80.9 cm³/mol. The third kappa shape index (κ3) is 6.20. The lowest BCUT2D eigenvalue weighted by Gasteiger charge is -2.19. The molecule has 0 saturated carbocycles. The van der Waals surface area contributed by atoms with Crippen LogP contribution in [-0.2, 0) is 0 Å². The summed E-state index contributed by atoms with van der Waals surface area (Å²) in [5, 5.41) is 3.55. The maximum absolute atomic E-state index is 13.5. The second-order valence-electron chi connectivity index (χ2n) is 5.42. The summed E-state index contributed by atoms with van der Waals surface area (Å²) in [7, 11) is 0. The molecule has 19 heavy (non-hydrogen) atoms. The van der Waals surface area contributed by atoms with Crippen LogP contribution in [-0.4, -0.2) is 6.54 Å². The summed E-state index contributed by atoms with van der Waals surface area (Å²) in [5.74, 6) is -0.119. The Morgan fingerprint density at radius 3 is 2.47 bits per heavy atom. The molecule has 1 aromatic carbocycles. The normalized spacial score (nSPS) is 12.6. The van der Waals surface area contributed by atoms with E-state index >= 15 is 0 Å². The summed E-state index contributed by atoms with van der Waals surface area (Å²) >= 11 is 0. The first-order valence-corrected chi connectivity index (χ1v) is 7.67. The standard InChI is InChI=1S/C17H28FN/c1-4-6-7-8-9-17(19-10-5-2)15-11-14(3)12-16(18)13-15/h11-13,17,19H,4-10H2,1-3H3. The Morgan fingerprint density at radius 2 is 1.84 bits per heavy atom. The zero-order chi connectivity index (χ0) is 14.1. The van der Waals surface area contributed by atoms with E-state index in [1.807, 2.05) is 6.92 Å². The first kappa shape index (κ1) is 16.2. The Kier molecular flexibility index (Phi) is 7.73. The van der Waals surface area contributed by atoms with Crippen molar-refractivity contribution in [1.82, 2.24) is 5.32 Å². The van der Waals surface area contributed by atoms with E-state index in [0.29, 0.717) is 6.04 Å². The van der Waals surface area contributed by atoms with E-state index < -0.39 is 0 Å². The van der Waals surface area contributed by atoms with E-state index in [2.05, 4.69) is 25.2 Å². The van der Waals surface area contributed by atoms with Crippen molar-refractivity contribution in [3.8, 4) is 0 Å². The van der Waals surface area contributed by atoms with E-state index in [4.69, 9.17) is 0 Å². The molecular formula is C17H28FN. The number of hydrogen-bond donors (Lipinski definition) is 1. The van der Waals surface area contributed by atoms with Crippen LogP contribution in [0.4, 0.5) is 4.39 Å². The predicted octanol–water partition coefficient (Wildman–Crippen LogP) is 5.15. The summed E-state index contributed by atoms with van der Waals surface area (Å²) in [6.07, 6.45) is 7.25. The van der Waals surface area contributed by atoms with Crippen molar-refractivity contribution < 1.29 is 4.39 Å². The molecular weight excluding hydrogens is 237 g/mol. The monoisotopic (exact) mass is 265 g/mol. The summed E-state index contributed by atoms with van der Waals surface area (Å²) in [5.41, 5.74) is 2.11. The number of unbranched alkanes of at least 4 members (excludes halogenated alkanes) is 3. The molecule has 0 bridgehead atoms. The Bertz CT molecular complexity index is 342. The zero-order valence-electron chi connectivity index (χ0n) is 12.6. The fourth-order valence-corrected chi connectivity index (χ4v) is 2.45. The van der Waals surface area contributed by atoms with Gasteiger partial charge < -0.3 is 5.32 Å². The van der Waals surface area contributed by atoms with Gasteiger partial charge in [0, 0.05) is 6.04 Å². The molecule has 0 fully saturated rings. The van der Waals surface area contributed by atoms with Gasteiger partial charge in [-0.15, -0.1) is 0 Å². The number of hydrogen-bond acceptors (Lipinski definition) is 1. The van der Waals surface area contributed by atoms with E-state index in [9.17, 15) is 4.39 Å². The van der Waals surface area contributed by atoms with E-state index in [-0.39, 0.29) is 5.82 Å². The maximum atomic E-state index is 13.5. The minimum atomic E-state index is -0.119. The molecule has 0 aliphatic carbocycles. The summed E-state index contributed by atoms with van der Waals surface area (Å²) in [6, 6.07) is 5.68. The highest BCUT2D eigenvalue weighted by Crippen LogP contribution is 2.22. The van der Waals surface area contributed by atoms with Gasteiger partial charge in [-0.25, -0.2) is 4.39 Å². The third-order valence-corrected chi connectivity index (χ3v) is 3.45. The minimum Gasteiger partial charge on any atom is -0.310 e. The molecule has 2 heteroatoms. The van der Waals surface area contributed by atoms with Gasteiger partial charge in [0.15, 0.2) is 0 Å². The van der Waals surface area contributed by atoms with Gasteiger partial charge >= 0.3 is 0 Å². The highest BCUT2D eigenvalue weighted by molar-refractivity contribution is 5.26. The SMILES string of the molecule is CCCCCCC(NCCC)c1cc(C)cc(F)c1. The first-order valence-electron chi connectivity index (χ1n) is 7.67. The molecule has 0 spiro atoms. The molecule has 1 aromatic rings. The lowest BCUT2D eigenvalue weighted by atomic mass is 9.98. The highest BCUT2D eigenvalue weighted by Gasteiger charge is 2.11. The van der Waals surface area contributed by atoms with Crippen molar-refractivity contribution in [2.75, 3.05) is 6.54 Å². The van der Waals surface area contributed by atoms with Gasteiger partial charge in [-0.1, -0.05) is 45.6 Å². The molecule has 0 aliphatic rings. The lowest BCUT2D eigenvalue weighted by molar-refractivity contribution is 0.468. The van der Waals surface area contributed by atoms with Crippen LogP contribution in [0.5, 0.6) is 0 Å². The fraction of sp³-hybridized carbons (Fsp3) is 0.647.